The number of nitrogens with two attached hydrogens (primary N) is 1. The summed E-state index contributed by atoms with van der Waals surface area (Å²) in [5, 5.41) is 2.52. The molecular weight excluding hydrogens is 279 g/mol. The molecule has 0 radical (unpaired) electrons. The lowest BCUT2D eigenvalue weighted by Crippen LogP contribution is -2.23. The summed E-state index contributed by atoms with van der Waals surface area (Å²) >= 11 is 0.949. The molecular formula is C11H8F3N3OS. The summed E-state index contributed by atoms with van der Waals surface area (Å²) in [5.74, 6) is -3.68. The first kappa shape index (κ1) is 13.3. The second kappa shape index (κ2) is 5.27. The van der Waals surface area contributed by atoms with Gasteiger partial charge in [0, 0.05) is 24.2 Å². The Morgan fingerprint density at radius 1 is 1.32 bits per heavy atom. The molecule has 1 aromatic heterocycles. The zero-order valence-corrected chi connectivity index (χ0v) is 10.2. The molecule has 0 bridgehead atoms. The van der Waals surface area contributed by atoms with E-state index in [0.717, 1.165) is 11.3 Å². The number of hydrogen-bond acceptors (Lipinski definition) is 4. The Morgan fingerprint density at radius 2 is 1.95 bits per heavy atom. The maximum absolute atomic E-state index is 13.3. The fraction of sp³-hybridized carbons (Fsp3) is 0.0909. The lowest BCUT2D eigenvalue weighted by molar-refractivity contribution is 0.0954. The molecule has 0 unspecified atom stereocenters. The summed E-state index contributed by atoms with van der Waals surface area (Å²) < 4.78 is 39.3. The largest absolute Gasteiger partial charge is 0.375 e. The van der Waals surface area contributed by atoms with Crippen molar-refractivity contribution < 1.29 is 18.0 Å². The van der Waals surface area contributed by atoms with Gasteiger partial charge in [-0.15, -0.1) is 0 Å². The van der Waals surface area contributed by atoms with Crippen LogP contribution < -0.4 is 11.1 Å². The number of nitrogen functional groups attached to an aromatic ring is 1. The average molecular weight is 287 g/mol. The van der Waals surface area contributed by atoms with Gasteiger partial charge in [-0.1, -0.05) is 11.3 Å². The molecule has 0 saturated carbocycles. The van der Waals surface area contributed by atoms with Crippen molar-refractivity contribution in [1.29, 1.82) is 0 Å². The van der Waals surface area contributed by atoms with Crippen molar-refractivity contribution in [2.75, 3.05) is 5.73 Å². The van der Waals surface area contributed by atoms with Crippen molar-refractivity contribution in [2.24, 2.45) is 0 Å². The van der Waals surface area contributed by atoms with Crippen LogP contribution in [0.2, 0.25) is 0 Å². The second-order valence-electron chi connectivity index (χ2n) is 3.59. The van der Waals surface area contributed by atoms with Crippen LogP contribution in [-0.2, 0) is 6.54 Å². The van der Waals surface area contributed by atoms with Crippen molar-refractivity contribution >= 4 is 22.4 Å². The van der Waals surface area contributed by atoms with E-state index in [1.807, 2.05) is 0 Å². The van der Waals surface area contributed by atoms with E-state index in [1.165, 1.54) is 6.20 Å². The number of carbonyl (C=O) groups is 1. The van der Waals surface area contributed by atoms with E-state index in [0.29, 0.717) is 12.1 Å². The Morgan fingerprint density at radius 3 is 2.47 bits per heavy atom. The molecule has 1 amide bonds. The number of rotatable bonds is 3. The van der Waals surface area contributed by atoms with Gasteiger partial charge in [-0.2, -0.15) is 0 Å². The molecule has 0 fully saturated rings. The first-order chi connectivity index (χ1) is 8.97. The SMILES string of the molecule is Nc1ncc(C(=O)NCc2c(F)cc(F)cc2F)s1. The Labute approximate surface area is 110 Å². The van der Waals surface area contributed by atoms with Crippen molar-refractivity contribution in [3.63, 3.8) is 0 Å². The van der Waals surface area contributed by atoms with Crippen LogP contribution in [0.25, 0.3) is 0 Å². The topological polar surface area (TPSA) is 68.0 Å². The van der Waals surface area contributed by atoms with E-state index >= 15 is 0 Å². The Bertz CT molecular complexity index is 606. The van der Waals surface area contributed by atoms with Gasteiger partial charge >= 0.3 is 0 Å². The summed E-state index contributed by atoms with van der Waals surface area (Å²) in [7, 11) is 0. The van der Waals surface area contributed by atoms with Gasteiger partial charge < -0.3 is 11.1 Å². The molecule has 0 saturated heterocycles. The van der Waals surface area contributed by atoms with Crippen molar-refractivity contribution in [3.8, 4) is 0 Å². The number of benzene rings is 1. The van der Waals surface area contributed by atoms with Crippen LogP contribution >= 0.6 is 11.3 Å². The van der Waals surface area contributed by atoms with E-state index < -0.39 is 35.5 Å². The number of nitrogens with one attached hydrogen (secondary N) is 1. The minimum atomic E-state index is -1.05. The number of halogens is 3. The van der Waals surface area contributed by atoms with E-state index in [4.69, 9.17) is 5.73 Å². The van der Waals surface area contributed by atoms with E-state index in [9.17, 15) is 18.0 Å². The van der Waals surface area contributed by atoms with Crippen LogP contribution in [0.15, 0.2) is 18.3 Å². The highest BCUT2D eigenvalue weighted by Crippen LogP contribution is 2.16. The molecule has 0 atom stereocenters. The highest BCUT2D eigenvalue weighted by atomic mass is 32.1. The number of hydrogen-bond donors (Lipinski definition) is 2. The van der Waals surface area contributed by atoms with Crippen molar-refractivity contribution in [3.05, 3.63) is 46.2 Å². The first-order valence-electron chi connectivity index (χ1n) is 5.10. The summed E-state index contributed by atoms with van der Waals surface area (Å²) in [5.41, 5.74) is 4.94. The molecule has 1 heterocycles. The molecule has 8 heteroatoms. The fourth-order valence-electron chi connectivity index (χ4n) is 1.39. The van der Waals surface area contributed by atoms with Crippen LogP contribution in [0.3, 0.4) is 0 Å². The quantitative estimate of drug-likeness (QED) is 0.908. The third-order valence-electron chi connectivity index (χ3n) is 2.28. The molecule has 4 nitrogen and oxygen atoms in total. The smallest absolute Gasteiger partial charge is 0.263 e. The number of anilines is 1. The molecule has 1 aromatic carbocycles. The number of carbonyl (C=O) groups excluding carboxylic acids is 1. The Balaban J connectivity index is 2.09. The van der Waals surface area contributed by atoms with Gasteiger partial charge in [0.15, 0.2) is 5.13 Å². The summed E-state index contributed by atoms with van der Waals surface area (Å²) in [6, 6.07) is 1.10. The highest BCUT2D eigenvalue weighted by Gasteiger charge is 2.14. The molecule has 0 aliphatic carbocycles. The zero-order valence-electron chi connectivity index (χ0n) is 9.41. The highest BCUT2D eigenvalue weighted by molar-refractivity contribution is 7.17. The second-order valence-corrected chi connectivity index (χ2v) is 4.66. The molecule has 2 rings (SSSR count). The van der Waals surface area contributed by atoms with Crippen LogP contribution in [-0.4, -0.2) is 10.9 Å². The van der Waals surface area contributed by atoms with E-state index in [2.05, 4.69) is 10.3 Å². The summed E-state index contributed by atoms with van der Waals surface area (Å²) in [6.45, 7) is -0.394. The van der Waals surface area contributed by atoms with Gasteiger partial charge in [-0.05, 0) is 0 Å². The van der Waals surface area contributed by atoms with Crippen molar-refractivity contribution in [1.82, 2.24) is 10.3 Å². The van der Waals surface area contributed by atoms with Gasteiger partial charge in [0.1, 0.15) is 22.3 Å². The van der Waals surface area contributed by atoms with E-state index in [1.54, 1.807) is 0 Å². The average Bonchev–Trinajstić information content (AvgIpc) is 2.74. The molecule has 19 heavy (non-hydrogen) atoms. The van der Waals surface area contributed by atoms with Gasteiger partial charge in [0.2, 0.25) is 0 Å². The lowest BCUT2D eigenvalue weighted by atomic mass is 10.2. The van der Waals surface area contributed by atoms with Crippen LogP contribution in [0, 0.1) is 17.5 Å². The van der Waals surface area contributed by atoms with E-state index in [-0.39, 0.29) is 10.0 Å². The van der Waals surface area contributed by atoms with Crippen molar-refractivity contribution in [2.45, 2.75) is 6.54 Å². The Hall–Kier alpha value is -2.09. The molecule has 0 aliphatic heterocycles. The van der Waals surface area contributed by atoms with Crippen LogP contribution in [0.1, 0.15) is 15.2 Å². The predicted molar refractivity (Wildman–Crippen MR) is 64.0 cm³/mol. The first-order valence-corrected chi connectivity index (χ1v) is 5.92. The third kappa shape index (κ3) is 3.02. The van der Waals surface area contributed by atoms with Gasteiger partial charge in [-0.25, -0.2) is 18.2 Å². The molecule has 0 spiro atoms. The van der Waals surface area contributed by atoms with Gasteiger partial charge in [0.05, 0.1) is 6.20 Å². The summed E-state index contributed by atoms with van der Waals surface area (Å²) in [4.78, 5) is 15.5. The number of aromatic nitrogens is 1. The predicted octanol–water partition coefficient (Wildman–Crippen LogP) is 2.07. The van der Waals surface area contributed by atoms with Crippen LogP contribution in [0.4, 0.5) is 18.3 Å². The maximum Gasteiger partial charge on any atom is 0.263 e. The number of thiazole rings is 1. The molecule has 100 valence electrons. The fourth-order valence-corrected chi connectivity index (χ4v) is 1.99. The minimum absolute atomic E-state index is 0.212. The van der Waals surface area contributed by atoms with Gasteiger partial charge in [0.25, 0.3) is 5.91 Å². The Kier molecular flexibility index (Phi) is 3.70. The molecule has 0 aliphatic rings. The minimum Gasteiger partial charge on any atom is -0.375 e. The normalized spacial score (nSPS) is 10.5. The molecule has 3 N–H and O–H groups in total. The third-order valence-corrected chi connectivity index (χ3v) is 3.10. The van der Waals surface area contributed by atoms with Gasteiger partial charge in [-0.3, -0.25) is 4.79 Å². The number of nitrogens with zero attached hydrogens (tertiary/aromatic N) is 1. The standard InChI is InChI=1S/C11H8F3N3OS/c12-5-1-7(13)6(8(14)2-5)3-16-10(18)9-4-17-11(15)19-9/h1-2,4H,3H2,(H2,15,17)(H,16,18). The maximum atomic E-state index is 13.3. The lowest BCUT2D eigenvalue weighted by Gasteiger charge is -2.06. The molecule has 2 aromatic rings. The number of amides is 1. The monoisotopic (exact) mass is 287 g/mol. The summed E-state index contributed by atoms with van der Waals surface area (Å²) in [6.07, 6.45) is 1.26. The zero-order chi connectivity index (χ0) is 14.0. The van der Waals surface area contributed by atoms with Crippen LogP contribution in [0.5, 0.6) is 0 Å².